The van der Waals surface area contributed by atoms with Gasteiger partial charge in [-0.05, 0) is 144 Å². The summed E-state index contributed by atoms with van der Waals surface area (Å²) in [6.07, 6.45) is 6.27. The minimum atomic E-state index is -1.52. The number of pyridine rings is 3. The van der Waals surface area contributed by atoms with Gasteiger partial charge >= 0.3 is 0 Å². The van der Waals surface area contributed by atoms with Gasteiger partial charge in [0.25, 0.3) is 0 Å². The fourth-order valence-electron chi connectivity index (χ4n) is 17.4. The molecule has 21 heteroatoms. The summed E-state index contributed by atoms with van der Waals surface area (Å²) in [6, 6.07) is 141. The fourth-order valence-corrected chi connectivity index (χ4v) is 22.3. The van der Waals surface area contributed by atoms with Gasteiger partial charge in [0.15, 0.2) is 17.7 Å². The van der Waals surface area contributed by atoms with E-state index < -0.39 is 24.2 Å². The van der Waals surface area contributed by atoms with E-state index in [2.05, 4.69) is 318 Å². The van der Waals surface area contributed by atoms with Crippen LogP contribution < -0.4 is 15.6 Å². The summed E-state index contributed by atoms with van der Waals surface area (Å²) < 4.78 is 35.0. The van der Waals surface area contributed by atoms with Crippen LogP contribution in [0.25, 0.3) is 202 Å². The molecule has 9 heterocycles. The normalized spacial score (nSPS) is 11.3. The maximum absolute atomic E-state index is 5.90. The first-order valence-corrected chi connectivity index (χ1v) is 58.6. The van der Waals surface area contributed by atoms with Gasteiger partial charge < -0.3 is 41.5 Å². The molecule has 0 spiro atoms. The van der Waals surface area contributed by atoms with Crippen molar-refractivity contribution in [2.24, 2.45) is 0 Å². The first kappa shape index (κ1) is 105. The molecule has 15 nitrogen and oxygen atoms in total. The number of rotatable bonds is 15. The number of hydrogen-bond donors (Lipinski definition) is 0. The van der Waals surface area contributed by atoms with E-state index in [9.17, 15) is 0 Å². The molecule has 15 aromatic carbocycles. The summed E-state index contributed by atoms with van der Waals surface area (Å²) in [6.45, 7) is 32.5. The number of furan rings is 3. The van der Waals surface area contributed by atoms with Crippen LogP contribution in [0.3, 0.4) is 0 Å². The fraction of sp³-hybridized carbons (Fsp3) is 0.119. The Labute approximate surface area is 900 Å². The number of para-hydroxylation sites is 3. The van der Waals surface area contributed by atoms with E-state index in [-0.39, 0.29) is 65.7 Å². The van der Waals surface area contributed by atoms with Crippen molar-refractivity contribution in [2.75, 3.05) is 0 Å². The second-order valence-corrected chi connectivity index (χ2v) is 54.6. The molecular weight excluding hydrogens is 2400 g/mol. The molecule has 0 aliphatic rings. The van der Waals surface area contributed by atoms with E-state index in [1.165, 1.54) is 65.6 Å². The Bertz CT molecular complexity index is 8170. The van der Waals surface area contributed by atoms with Gasteiger partial charge in [-0.2, -0.15) is 15.3 Å². The minimum Gasteiger partial charge on any atom is -0.476 e. The van der Waals surface area contributed by atoms with Crippen molar-refractivity contribution < 1.29 is 86.8 Å². The summed E-state index contributed by atoms with van der Waals surface area (Å²) in [7, 11) is -4.25. The maximum Gasteiger partial charge on any atom is 0.237 e. The van der Waals surface area contributed by atoms with Crippen molar-refractivity contribution in [3.63, 3.8) is 0 Å². The van der Waals surface area contributed by atoms with Crippen molar-refractivity contribution in [1.29, 1.82) is 0 Å². The molecule has 0 aliphatic carbocycles. The van der Waals surface area contributed by atoms with Gasteiger partial charge in [-0.3, -0.25) is 0 Å². The maximum atomic E-state index is 5.90. The van der Waals surface area contributed by atoms with Crippen LogP contribution >= 0.6 is 0 Å². The number of benzene rings is 15. The third-order valence-corrected chi connectivity index (χ3v) is 31.0. The zero-order chi connectivity index (χ0) is 99.6. The Morgan fingerprint density at radius 1 is 0.238 bits per heavy atom. The summed E-state index contributed by atoms with van der Waals surface area (Å²) in [5.41, 5.74) is 27.4. The van der Waals surface area contributed by atoms with Crippen molar-refractivity contribution in [1.82, 2.24) is 45.5 Å². The SMILES string of the molecule is CC(C)(C)c1cc(-c2[c-]ccc(-c3ccccc3)c2)ncc1[Si](C)(C)C.C[Si](C)(C)c1cnc(-c2[c-]ccc(-c3ccccc3)c2)cc1-c1ccccc1.Cc1cc[c-]c(-c2cc(C)c([Si](C)(C)C)cn2)c1.[Ir].[Ir].[Ir].[c-]1cc2c(cc1-c1nnc(-c3ccccc3)o1)oc1ccccc12.[c-]1cc2c(cc1-c1nnc(-c3ccccc3)o1)oc1ccccc12.[c-]1cc2c(cc1-c1nnc(-c3ccccc3)o1)oc1ccccc12. The van der Waals surface area contributed by atoms with Gasteiger partial charge in [0.05, 0.1) is 41.0 Å². The van der Waals surface area contributed by atoms with Crippen molar-refractivity contribution >= 4 is 106 Å². The monoisotopic (exact) mass is 2500 g/mol. The van der Waals surface area contributed by atoms with Crippen LogP contribution in [0.15, 0.2) is 409 Å². The predicted octanol–water partition coefficient (Wildman–Crippen LogP) is 31.5. The van der Waals surface area contributed by atoms with Gasteiger partial charge in [-0.1, -0.05) is 362 Å². The zero-order valence-electron chi connectivity index (χ0n) is 83.8. The van der Waals surface area contributed by atoms with Crippen molar-refractivity contribution in [3.05, 3.63) is 436 Å². The summed E-state index contributed by atoms with van der Waals surface area (Å²) in [4.78, 5) is 14.3. The average molecular weight is 2500 g/mol. The topological polar surface area (TPSA) is 195 Å². The summed E-state index contributed by atoms with van der Waals surface area (Å²) in [5.74, 6) is 2.75. The first-order valence-electron chi connectivity index (χ1n) is 48.1. The number of hydrogen-bond acceptors (Lipinski definition) is 15. The third kappa shape index (κ3) is 24.8. The molecule has 0 saturated heterocycles. The smallest absolute Gasteiger partial charge is 0.237 e. The summed E-state index contributed by atoms with van der Waals surface area (Å²) in [5, 5.41) is 35.3. The van der Waals surface area contributed by atoms with E-state index in [1.807, 2.05) is 231 Å². The van der Waals surface area contributed by atoms with Crippen molar-refractivity contribution in [2.45, 2.75) is 99.0 Å². The average Bonchev–Trinajstić information content (AvgIpc) is 1.76. The van der Waals surface area contributed by atoms with E-state index in [0.717, 1.165) is 133 Å². The molecule has 24 aromatic rings. The molecule has 0 amide bonds. The number of nitrogens with zero attached hydrogens (tertiary/aromatic N) is 9. The standard InChI is InChI=1S/C26H24NSi.C24H28NSi.3C20H11N2O2.C16H20NSi.3Ir/c1-28(2,3)26-19-27-25(18-24(26)21-13-8-5-9-14-21)23-16-10-15-22(17-23)20-11-6-4-7-12-20;1-24(2,3)21-16-22(25-17-23(21)26(4,5)6)20-14-10-13-19(15-20)18-11-8-7-9-12-18;3*1-2-6-13(7-3-1)19-21-22-20(24-19)14-10-11-16-15-8-4-5-9-17(15)23-18(16)12-14;1-12-7-6-8-14(9-12)15-10-13(2)16(11-17-15)18(3,4)5;;;/h4-15,17-19H,1-3H3;7-13,15-17H,1-6H3;3*1-9,11-12H;6-7,9-11H,1-5H3;;;/q6*-1;;;. The first-order chi connectivity index (χ1) is 69.7. The van der Waals surface area contributed by atoms with Crippen LogP contribution in [-0.4, -0.2) is 69.8 Å². The van der Waals surface area contributed by atoms with Gasteiger partial charge in [-0.25, -0.2) is 0 Å². The van der Waals surface area contributed by atoms with Crippen LogP contribution in [0.1, 0.15) is 37.5 Å². The molecule has 0 unspecified atom stereocenters. The Morgan fingerprint density at radius 2 is 0.537 bits per heavy atom. The van der Waals surface area contributed by atoms with Crippen LogP contribution in [0.4, 0.5) is 0 Å². The molecule has 0 saturated carbocycles. The second kappa shape index (κ2) is 46.3. The zero-order valence-corrected chi connectivity index (χ0v) is 94.0. The summed E-state index contributed by atoms with van der Waals surface area (Å²) >= 11 is 0. The number of aryl methyl sites for hydroxylation is 2. The Kier molecular flexibility index (Phi) is 33.0. The number of aromatic nitrogens is 9. The van der Waals surface area contributed by atoms with E-state index in [4.69, 9.17) is 36.5 Å². The minimum absolute atomic E-state index is 0. The van der Waals surface area contributed by atoms with Gasteiger partial charge in [-0.15, -0.1) is 158 Å². The Morgan fingerprint density at radius 3 is 0.884 bits per heavy atom. The van der Waals surface area contributed by atoms with Crippen molar-refractivity contribution in [3.8, 4) is 136 Å². The predicted molar refractivity (Wildman–Crippen MR) is 593 cm³/mol. The molecule has 0 aliphatic heterocycles. The van der Waals surface area contributed by atoms with E-state index >= 15 is 0 Å². The molecule has 0 fully saturated rings. The molecule has 0 atom stereocenters. The van der Waals surface area contributed by atoms with Gasteiger partial charge in [0.2, 0.25) is 17.7 Å². The quantitative estimate of drug-likeness (QED) is 0.0694. The van der Waals surface area contributed by atoms with E-state index in [1.54, 1.807) is 0 Å². The third-order valence-electron chi connectivity index (χ3n) is 24.8. The molecule has 0 bridgehead atoms. The Hall–Kier alpha value is -14.8. The second-order valence-electron chi connectivity index (χ2n) is 39.5. The molecule has 0 N–H and O–H groups in total. The largest absolute Gasteiger partial charge is 0.476 e. The Balaban J connectivity index is 0.000000126. The molecule has 9 aromatic heterocycles. The van der Waals surface area contributed by atoms with Gasteiger partial charge in [0.1, 0.15) is 16.7 Å². The molecule has 735 valence electrons. The van der Waals surface area contributed by atoms with Gasteiger partial charge in [0, 0.05) is 95.6 Å². The van der Waals surface area contributed by atoms with Crippen LogP contribution in [0, 0.1) is 50.2 Å². The molecule has 147 heavy (non-hydrogen) atoms. The molecule has 3 radical (unpaired) electrons. The van der Waals surface area contributed by atoms with E-state index in [0.29, 0.717) is 35.3 Å². The molecular formula is C126H105Ir3N9O6Si3-6. The van der Waals surface area contributed by atoms with Crippen LogP contribution in [0.2, 0.25) is 58.9 Å². The molecule has 24 rings (SSSR count). The number of fused-ring (bicyclic) bond motifs is 9. The van der Waals surface area contributed by atoms with Crippen LogP contribution in [-0.2, 0) is 65.7 Å². The van der Waals surface area contributed by atoms with Crippen LogP contribution in [0.5, 0.6) is 0 Å².